The number of carbonyl (C=O) groups excluding carboxylic acids is 1. The molecule has 1 aliphatic rings. The lowest BCUT2D eigenvalue weighted by atomic mass is 10.0. The summed E-state index contributed by atoms with van der Waals surface area (Å²) in [6.45, 7) is 4.30. The van der Waals surface area contributed by atoms with Crippen molar-refractivity contribution >= 4 is 5.91 Å². The first-order valence-electron chi connectivity index (χ1n) is 7.35. The van der Waals surface area contributed by atoms with Crippen molar-refractivity contribution in [3.63, 3.8) is 0 Å². The van der Waals surface area contributed by atoms with Crippen molar-refractivity contribution in [2.45, 2.75) is 31.7 Å². The van der Waals surface area contributed by atoms with Gasteiger partial charge < -0.3 is 15.4 Å². The summed E-state index contributed by atoms with van der Waals surface area (Å²) in [6, 6.07) is 2.44. The zero-order valence-corrected chi connectivity index (χ0v) is 12.4. The summed E-state index contributed by atoms with van der Waals surface area (Å²) in [5.74, 6) is 0.0176. The zero-order chi connectivity index (χ0) is 14.6. The van der Waals surface area contributed by atoms with Crippen LogP contribution >= 0.6 is 0 Å². The van der Waals surface area contributed by atoms with Crippen molar-refractivity contribution in [1.82, 2.24) is 15.5 Å². The van der Waals surface area contributed by atoms with E-state index >= 15 is 0 Å². The number of hydrogen-bond acceptors (Lipinski definition) is 5. The van der Waals surface area contributed by atoms with E-state index in [0.29, 0.717) is 32.2 Å². The predicted molar refractivity (Wildman–Crippen MR) is 77.2 cm³/mol. The van der Waals surface area contributed by atoms with Gasteiger partial charge in [0.25, 0.3) is 0 Å². The number of likely N-dealkylation sites (tertiary alicyclic amines) is 1. The first kappa shape index (κ1) is 16.9. The summed E-state index contributed by atoms with van der Waals surface area (Å²) in [5.41, 5.74) is 0. The SMILES string of the molecule is COCCNCC1CCCCN1CC(=O)NCCC#N. The van der Waals surface area contributed by atoms with Crippen LogP contribution in [0, 0.1) is 11.3 Å². The second kappa shape index (κ2) is 10.6. The Kier molecular flexibility index (Phi) is 8.96. The lowest BCUT2D eigenvalue weighted by Gasteiger charge is -2.35. The molecule has 1 aliphatic heterocycles. The number of nitrogens with zero attached hydrogens (tertiary/aromatic N) is 2. The molecule has 0 radical (unpaired) electrons. The molecule has 6 nitrogen and oxygen atoms in total. The van der Waals surface area contributed by atoms with Gasteiger partial charge in [-0.15, -0.1) is 0 Å². The molecule has 0 aromatic carbocycles. The lowest BCUT2D eigenvalue weighted by molar-refractivity contribution is -0.123. The van der Waals surface area contributed by atoms with E-state index in [0.717, 1.165) is 32.5 Å². The molecule has 0 aromatic rings. The average molecular weight is 282 g/mol. The van der Waals surface area contributed by atoms with Gasteiger partial charge in [0, 0.05) is 32.8 Å². The molecule has 2 N–H and O–H groups in total. The Balaban J connectivity index is 2.28. The van der Waals surface area contributed by atoms with E-state index in [1.807, 2.05) is 6.07 Å². The van der Waals surface area contributed by atoms with Gasteiger partial charge in [-0.3, -0.25) is 9.69 Å². The third-order valence-electron chi connectivity index (χ3n) is 3.52. The van der Waals surface area contributed by atoms with Crippen LogP contribution in [0.5, 0.6) is 0 Å². The highest BCUT2D eigenvalue weighted by molar-refractivity contribution is 5.78. The molecule has 1 fully saturated rings. The largest absolute Gasteiger partial charge is 0.383 e. The van der Waals surface area contributed by atoms with E-state index in [4.69, 9.17) is 10.00 Å². The van der Waals surface area contributed by atoms with Crippen molar-refractivity contribution < 1.29 is 9.53 Å². The molecule has 0 spiro atoms. The van der Waals surface area contributed by atoms with Gasteiger partial charge in [0.1, 0.15) is 0 Å². The van der Waals surface area contributed by atoms with E-state index < -0.39 is 0 Å². The minimum Gasteiger partial charge on any atom is -0.383 e. The van der Waals surface area contributed by atoms with Crippen molar-refractivity contribution in [3.8, 4) is 6.07 Å². The van der Waals surface area contributed by atoms with Crippen LogP contribution in [-0.4, -0.2) is 63.3 Å². The highest BCUT2D eigenvalue weighted by Crippen LogP contribution is 2.15. The number of methoxy groups -OCH3 is 1. The maximum Gasteiger partial charge on any atom is 0.234 e. The molecule has 0 aliphatic carbocycles. The number of hydrogen-bond donors (Lipinski definition) is 2. The molecule has 1 amide bonds. The predicted octanol–water partition coefficient (Wildman–Crippen LogP) is 0.107. The Bertz CT molecular complexity index is 317. The molecule has 1 heterocycles. The van der Waals surface area contributed by atoms with Crippen LogP contribution < -0.4 is 10.6 Å². The van der Waals surface area contributed by atoms with Gasteiger partial charge in [0.05, 0.1) is 25.6 Å². The lowest BCUT2D eigenvalue weighted by Crippen LogP contribution is -2.49. The Morgan fingerprint density at radius 3 is 3.05 bits per heavy atom. The van der Waals surface area contributed by atoms with Gasteiger partial charge in [-0.2, -0.15) is 5.26 Å². The van der Waals surface area contributed by atoms with Crippen molar-refractivity contribution in [1.29, 1.82) is 5.26 Å². The standard InChI is InChI=1S/C14H26N4O2/c1-20-10-8-16-11-13-5-2-3-9-18(13)12-14(19)17-7-4-6-15/h13,16H,2-5,7-12H2,1H3,(H,17,19). The number of piperidine rings is 1. The van der Waals surface area contributed by atoms with E-state index in [1.54, 1.807) is 7.11 Å². The Hall–Kier alpha value is -1.16. The number of nitrogens with one attached hydrogen (secondary N) is 2. The Labute approximate surface area is 121 Å². The van der Waals surface area contributed by atoms with Crippen LogP contribution in [0.4, 0.5) is 0 Å². The fourth-order valence-electron chi connectivity index (χ4n) is 2.44. The minimum atomic E-state index is 0.0176. The number of nitriles is 1. The van der Waals surface area contributed by atoms with Crippen molar-refractivity contribution in [2.75, 3.05) is 46.4 Å². The van der Waals surface area contributed by atoms with Gasteiger partial charge in [-0.1, -0.05) is 6.42 Å². The summed E-state index contributed by atoms with van der Waals surface area (Å²) in [7, 11) is 1.69. The number of amides is 1. The maximum atomic E-state index is 11.8. The van der Waals surface area contributed by atoms with E-state index in [1.165, 1.54) is 6.42 Å². The molecule has 0 bridgehead atoms. The molecular formula is C14H26N4O2. The average Bonchev–Trinajstić information content (AvgIpc) is 2.45. The van der Waals surface area contributed by atoms with Crippen molar-refractivity contribution in [3.05, 3.63) is 0 Å². The van der Waals surface area contributed by atoms with Crippen LogP contribution in [0.25, 0.3) is 0 Å². The molecule has 20 heavy (non-hydrogen) atoms. The van der Waals surface area contributed by atoms with E-state index in [-0.39, 0.29) is 5.91 Å². The topological polar surface area (TPSA) is 77.4 Å². The molecule has 6 heteroatoms. The smallest absolute Gasteiger partial charge is 0.234 e. The maximum absolute atomic E-state index is 11.8. The molecule has 0 saturated carbocycles. The molecule has 1 unspecified atom stereocenters. The van der Waals surface area contributed by atoms with E-state index in [9.17, 15) is 4.79 Å². The number of carbonyl (C=O) groups is 1. The molecule has 1 saturated heterocycles. The van der Waals surface area contributed by atoms with E-state index in [2.05, 4.69) is 15.5 Å². The van der Waals surface area contributed by atoms with Crippen LogP contribution in [0.2, 0.25) is 0 Å². The van der Waals surface area contributed by atoms with Gasteiger partial charge >= 0.3 is 0 Å². The highest BCUT2D eigenvalue weighted by Gasteiger charge is 2.23. The van der Waals surface area contributed by atoms with Crippen LogP contribution in [0.3, 0.4) is 0 Å². The Morgan fingerprint density at radius 1 is 1.45 bits per heavy atom. The van der Waals surface area contributed by atoms with Gasteiger partial charge in [-0.05, 0) is 19.4 Å². The monoisotopic (exact) mass is 282 g/mol. The van der Waals surface area contributed by atoms with Gasteiger partial charge in [0.15, 0.2) is 0 Å². The van der Waals surface area contributed by atoms with Crippen LogP contribution in [-0.2, 0) is 9.53 Å². The molecular weight excluding hydrogens is 256 g/mol. The summed E-state index contributed by atoms with van der Waals surface area (Å²) in [6.07, 6.45) is 3.88. The highest BCUT2D eigenvalue weighted by atomic mass is 16.5. The summed E-state index contributed by atoms with van der Waals surface area (Å²) in [4.78, 5) is 14.0. The van der Waals surface area contributed by atoms with Crippen molar-refractivity contribution in [2.24, 2.45) is 0 Å². The van der Waals surface area contributed by atoms with Crippen LogP contribution in [0.1, 0.15) is 25.7 Å². The first-order chi connectivity index (χ1) is 9.77. The normalized spacial score (nSPS) is 19.5. The molecule has 0 aromatic heterocycles. The van der Waals surface area contributed by atoms with Gasteiger partial charge in [-0.25, -0.2) is 0 Å². The quantitative estimate of drug-likeness (QED) is 0.587. The summed E-state index contributed by atoms with van der Waals surface area (Å²) < 4.78 is 5.01. The summed E-state index contributed by atoms with van der Waals surface area (Å²) >= 11 is 0. The molecule has 1 atom stereocenters. The summed E-state index contributed by atoms with van der Waals surface area (Å²) in [5, 5.41) is 14.6. The number of rotatable bonds is 9. The first-order valence-corrected chi connectivity index (χ1v) is 7.35. The van der Waals surface area contributed by atoms with Crippen LogP contribution in [0.15, 0.2) is 0 Å². The minimum absolute atomic E-state index is 0.0176. The fourth-order valence-corrected chi connectivity index (χ4v) is 2.44. The third-order valence-corrected chi connectivity index (χ3v) is 3.52. The molecule has 114 valence electrons. The second-order valence-corrected chi connectivity index (χ2v) is 5.08. The Morgan fingerprint density at radius 2 is 2.30 bits per heavy atom. The van der Waals surface area contributed by atoms with Gasteiger partial charge in [0.2, 0.25) is 5.91 Å². The fraction of sp³-hybridized carbons (Fsp3) is 0.857. The second-order valence-electron chi connectivity index (χ2n) is 5.08. The number of ether oxygens (including phenoxy) is 1. The molecule has 1 rings (SSSR count). The zero-order valence-electron chi connectivity index (χ0n) is 12.4. The third kappa shape index (κ3) is 6.85.